The lowest BCUT2D eigenvalue weighted by molar-refractivity contribution is -0.903. The number of aryl methyl sites for hydroxylation is 1. The number of ether oxygens (including phenoxy) is 1. The standard InChI is InChI=1S/C27H38N2O2/c1-18-7-5-9-24(20(18)3)29-13-11-28(12-14-29)17-22-21-15-23-19(2)8-6-10-27(23,4)16-25(21)31-26(22)30/h5,7,9,21-22,25H,6,8,10-17H2,1-4H3/p+1. The SMILES string of the molecule is CC1=C2CC3C(CC2(C)CCC1)OC(=O)C3C[NH+]1CCN(c2cccc(C)c2C)CC1. The number of carbonyl (C=O) groups is 1. The highest BCUT2D eigenvalue weighted by atomic mass is 16.6. The summed E-state index contributed by atoms with van der Waals surface area (Å²) in [6.07, 6.45) is 6.07. The number of esters is 1. The van der Waals surface area contributed by atoms with Crippen LogP contribution in [0.25, 0.3) is 0 Å². The van der Waals surface area contributed by atoms with Crippen molar-refractivity contribution in [2.45, 2.75) is 65.9 Å². The van der Waals surface area contributed by atoms with E-state index in [1.165, 1.54) is 36.1 Å². The monoisotopic (exact) mass is 423 g/mol. The number of allylic oxidation sites excluding steroid dienone is 2. The topological polar surface area (TPSA) is 34.0 Å². The highest BCUT2D eigenvalue weighted by molar-refractivity contribution is 5.75. The van der Waals surface area contributed by atoms with Gasteiger partial charge < -0.3 is 14.5 Å². The second-order valence-electron chi connectivity index (χ2n) is 11.0. The molecule has 5 rings (SSSR count). The number of carbonyl (C=O) groups excluding carboxylic acids is 1. The van der Waals surface area contributed by atoms with Gasteiger partial charge >= 0.3 is 5.97 Å². The van der Waals surface area contributed by atoms with Crippen LogP contribution in [0.15, 0.2) is 29.3 Å². The molecule has 0 spiro atoms. The molecule has 0 amide bonds. The molecule has 2 heterocycles. The molecular formula is C27H39N2O2+. The zero-order chi connectivity index (χ0) is 21.8. The molecule has 0 bridgehead atoms. The van der Waals surface area contributed by atoms with E-state index in [0.29, 0.717) is 5.92 Å². The maximum Gasteiger partial charge on any atom is 0.315 e. The highest BCUT2D eigenvalue weighted by Gasteiger charge is 2.54. The number of nitrogens with one attached hydrogen (secondary N) is 1. The molecule has 4 unspecified atom stereocenters. The summed E-state index contributed by atoms with van der Waals surface area (Å²) in [5.41, 5.74) is 7.67. The minimum absolute atomic E-state index is 0.0824. The first-order chi connectivity index (χ1) is 14.9. The lowest BCUT2D eigenvalue weighted by Gasteiger charge is -2.45. The van der Waals surface area contributed by atoms with Crippen molar-refractivity contribution < 1.29 is 14.4 Å². The van der Waals surface area contributed by atoms with Crippen molar-refractivity contribution in [3.8, 4) is 0 Å². The van der Waals surface area contributed by atoms with Gasteiger partial charge in [0.2, 0.25) is 0 Å². The van der Waals surface area contributed by atoms with Gasteiger partial charge in [0, 0.05) is 11.6 Å². The highest BCUT2D eigenvalue weighted by Crippen LogP contribution is 2.54. The molecule has 2 aliphatic heterocycles. The molecule has 1 aromatic rings. The van der Waals surface area contributed by atoms with Crippen LogP contribution in [0.2, 0.25) is 0 Å². The van der Waals surface area contributed by atoms with Crippen LogP contribution in [0.4, 0.5) is 5.69 Å². The largest absolute Gasteiger partial charge is 0.462 e. The number of hydrogen-bond donors (Lipinski definition) is 1. The predicted molar refractivity (Wildman–Crippen MR) is 124 cm³/mol. The Hall–Kier alpha value is -1.81. The second kappa shape index (κ2) is 7.95. The summed E-state index contributed by atoms with van der Waals surface area (Å²) in [5.74, 6) is 0.562. The van der Waals surface area contributed by atoms with E-state index in [4.69, 9.17) is 4.74 Å². The second-order valence-corrected chi connectivity index (χ2v) is 11.0. The Morgan fingerprint density at radius 2 is 1.97 bits per heavy atom. The Bertz CT molecular complexity index is 898. The summed E-state index contributed by atoms with van der Waals surface area (Å²) < 4.78 is 6.00. The first-order valence-electron chi connectivity index (χ1n) is 12.4. The predicted octanol–water partition coefficient (Wildman–Crippen LogP) is 3.47. The third-order valence-corrected chi connectivity index (χ3v) is 9.08. The van der Waals surface area contributed by atoms with Crippen LogP contribution < -0.4 is 9.80 Å². The Morgan fingerprint density at radius 3 is 2.74 bits per heavy atom. The van der Waals surface area contributed by atoms with E-state index < -0.39 is 0 Å². The molecule has 3 fully saturated rings. The van der Waals surface area contributed by atoms with E-state index in [0.717, 1.165) is 45.6 Å². The molecule has 4 atom stereocenters. The normalized spacial score (nSPS) is 33.9. The lowest BCUT2D eigenvalue weighted by Crippen LogP contribution is -3.15. The molecule has 1 saturated carbocycles. The van der Waals surface area contributed by atoms with Crippen molar-refractivity contribution in [1.82, 2.24) is 0 Å². The van der Waals surface area contributed by atoms with Gasteiger partial charge in [-0.05, 0) is 75.5 Å². The van der Waals surface area contributed by atoms with E-state index in [2.05, 4.69) is 50.8 Å². The van der Waals surface area contributed by atoms with Gasteiger partial charge in [0.1, 0.15) is 12.0 Å². The number of fused-ring (bicyclic) bond motifs is 2. The van der Waals surface area contributed by atoms with Gasteiger partial charge in [-0.3, -0.25) is 4.79 Å². The van der Waals surface area contributed by atoms with Crippen LogP contribution in [-0.4, -0.2) is 44.8 Å². The third-order valence-electron chi connectivity index (χ3n) is 9.08. The first kappa shape index (κ1) is 21.1. The number of benzene rings is 1. The van der Waals surface area contributed by atoms with Crippen molar-refractivity contribution in [1.29, 1.82) is 0 Å². The van der Waals surface area contributed by atoms with Gasteiger partial charge in [0.05, 0.1) is 32.7 Å². The molecule has 2 saturated heterocycles. The molecule has 4 heteroatoms. The Kier molecular flexibility index (Phi) is 5.40. The number of quaternary nitrogens is 1. The van der Waals surface area contributed by atoms with Crippen molar-refractivity contribution in [3.63, 3.8) is 0 Å². The van der Waals surface area contributed by atoms with Gasteiger partial charge in [-0.25, -0.2) is 0 Å². The number of hydrogen-bond acceptors (Lipinski definition) is 3. The number of piperazine rings is 1. The van der Waals surface area contributed by atoms with E-state index >= 15 is 0 Å². The molecule has 31 heavy (non-hydrogen) atoms. The third kappa shape index (κ3) is 3.71. The van der Waals surface area contributed by atoms with Crippen LogP contribution in [0.5, 0.6) is 0 Å². The van der Waals surface area contributed by atoms with Gasteiger partial charge in [0.15, 0.2) is 0 Å². The van der Waals surface area contributed by atoms with Crippen LogP contribution in [-0.2, 0) is 9.53 Å². The van der Waals surface area contributed by atoms with Crippen molar-refractivity contribution in [2.24, 2.45) is 17.3 Å². The van der Waals surface area contributed by atoms with E-state index in [1.807, 2.05) is 0 Å². The van der Waals surface area contributed by atoms with E-state index in [9.17, 15) is 4.79 Å². The average Bonchev–Trinajstić information content (AvgIpc) is 3.03. The fourth-order valence-corrected chi connectivity index (χ4v) is 7.00. The summed E-state index contributed by atoms with van der Waals surface area (Å²) in [5, 5.41) is 0. The van der Waals surface area contributed by atoms with Gasteiger partial charge in [-0.1, -0.05) is 30.2 Å². The molecule has 1 N–H and O–H groups in total. The summed E-state index contributed by atoms with van der Waals surface area (Å²) >= 11 is 0. The lowest BCUT2D eigenvalue weighted by atomic mass is 9.59. The molecule has 4 aliphatic rings. The van der Waals surface area contributed by atoms with Crippen molar-refractivity contribution in [3.05, 3.63) is 40.5 Å². The van der Waals surface area contributed by atoms with E-state index in [1.54, 1.807) is 16.0 Å². The summed E-state index contributed by atoms with van der Waals surface area (Å²) in [6.45, 7) is 14.5. The van der Waals surface area contributed by atoms with Crippen molar-refractivity contribution >= 4 is 11.7 Å². The summed E-state index contributed by atoms with van der Waals surface area (Å²) in [6, 6.07) is 6.62. The van der Waals surface area contributed by atoms with Gasteiger partial charge in [0.25, 0.3) is 0 Å². The first-order valence-corrected chi connectivity index (χ1v) is 12.4. The molecule has 1 aromatic carbocycles. The molecule has 0 aromatic heterocycles. The molecule has 4 nitrogen and oxygen atoms in total. The smallest absolute Gasteiger partial charge is 0.315 e. The Balaban J connectivity index is 1.25. The molecular weight excluding hydrogens is 384 g/mol. The molecule has 2 aliphatic carbocycles. The summed E-state index contributed by atoms with van der Waals surface area (Å²) in [4.78, 5) is 17.0. The van der Waals surface area contributed by atoms with E-state index in [-0.39, 0.29) is 23.4 Å². The summed E-state index contributed by atoms with van der Waals surface area (Å²) in [7, 11) is 0. The van der Waals surface area contributed by atoms with Crippen LogP contribution in [0.1, 0.15) is 57.1 Å². The Morgan fingerprint density at radius 1 is 1.19 bits per heavy atom. The van der Waals surface area contributed by atoms with Crippen LogP contribution in [0, 0.1) is 31.1 Å². The van der Waals surface area contributed by atoms with Crippen LogP contribution >= 0.6 is 0 Å². The fourth-order valence-electron chi connectivity index (χ4n) is 7.00. The number of rotatable bonds is 3. The minimum atomic E-state index is 0.0824. The Labute approximate surface area is 187 Å². The fraction of sp³-hybridized carbons (Fsp3) is 0.667. The average molecular weight is 424 g/mol. The maximum absolute atomic E-state index is 12.9. The zero-order valence-corrected chi connectivity index (χ0v) is 19.8. The van der Waals surface area contributed by atoms with Crippen LogP contribution in [0.3, 0.4) is 0 Å². The minimum Gasteiger partial charge on any atom is -0.462 e. The number of nitrogens with zero attached hydrogens (tertiary/aromatic N) is 1. The van der Waals surface area contributed by atoms with Gasteiger partial charge in [-0.2, -0.15) is 0 Å². The van der Waals surface area contributed by atoms with Gasteiger partial charge in [-0.15, -0.1) is 0 Å². The maximum atomic E-state index is 12.9. The number of anilines is 1. The molecule has 168 valence electrons. The molecule has 0 radical (unpaired) electrons. The zero-order valence-electron chi connectivity index (χ0n) is 19.8. The quantitative estimate of drug-likeness (QED) is 0.597. The van der Waals surface area contributed by atoms with Crippen molar-refractivity contribution in [2.75, 3.05) is 37.6 Å².